The molecule has 1 heterocycles. The molecule has 0 atom stereocenters. The molecular formula is C16H21N3S2. The molecule has 2 rings (SSSR count). The zero-order chi connectivity index (χ0) is 15.1. The molecule has 3 nitrogen and oxygen atoms in total. The standard InChI is InChI=1S/C16H21N3S2/c1-3-4-5-9-17-16(20)19-14-8-6-7-13(10-14)15-11-21-12(2)18-15/h6-8,10-11H,3-5,9H2,1-2H3,(H2,17,19,20). The Bertz CT molecular complexity index is 593. The van der Waals surface area contributed by atoms with Crippen LogP contribution < -0.4 is 10.6 Å². The number of hydrogen-bond acceptors (Lipinski definition) is 3. The van der Waals surface area contributed by atoms with E-state index in [1.54, 1.807) is 11.3 Å². The molecule has 0 amide bonds. The van der Waals surface area contributed by atoms with Crippen molar-refractivity contribution in [3.05, 3.63) is 34.7 Å². The van der Waals surface area contributed by atoms with Crippen LogP contribution in [0.2, 0.25) is 0 Å². The predicted molar refractivity (Wildman–Crippen MR) is 96.0 cm³/mol. The van der Waals surface area contributed by atoms with Crippen molar-refractivity contribution in [3.63, 3.8) is 0 Å². The number of thiocarbonyl (C=S) groups is 1. The van der Waals surface area contributed by atoms with Crippen molar-refractivity contribution in [2.45, 2.75) is 33.1 Å². The molecule has 21 heavy (non-hydrogen) atoms. The molecular weight excluding hydrogens is 298 g/mol. The summed E-state index contributed by atoms with van der Waals surface area (Å²) in [5.74, 6) is 0. The number of nitrogens with zero attached hydrogens (tertiary/aromatic N) is 1. The number of thiazole rings is 1. The molecule has 0 radical (unpaired) electrons. The second kappa shape index (κ2) is 8.10. The van der Waals surface area contributed by atoms with Crippen LogP contribution in [-0.4, -0.2) is 16.6 Å². The van der Waals surface area contributed by atoms with E-state index in [-0.39, 0.29) is 0 Å². The first kappa shape index (κ1) is 15.9. The number of rotatable bonds is 6. The van der Waals surface area contributed by atoms with Gasteiger partial charge in [0.25, 0.3) is 0 Å². The van der Waals surface area contributed by atoms with Gasteiger partial charge in [0.2, 0.25) is 0 Å². The van der Waals surface area contributed by atoms with Crippen LogP contribution in [0.3, 0.4) is 0 Å². The number of hydrogen-bond donors (Lipinski definition) is 2. The molecule has 2 N–H and O–H groups in total. The van der Waals surface area contributed by atoms with Gasteiger partial charge in [-0.05, 0) is 37.7 Å². The highest BCUT2D eigenvalue weighted by atomic mass is 32.1. The number of aromatic nitrogens is 1. The molecule has 5 heteroatoms. The highest BCUT2D eigenvalue weighted by Crippen LogP contribution is 2.24. The van der Waals surface area contributed by atoms with Crippen LogP contribution in [0.25, 0.3) is 11.3 Å². The molecule has 112 valence electrons. The average molecular weight is 319 g/mol. The van der Waals surface area contributed by atoms with Crippen molar-refractivity contribution in [1.29, 1.82) is 0 Å². The first-order chi connectivity index (χ1) is 10.2. The second-order valence-corrected chi connectivity index (χ2v) is 6.39. The molecule has 0 spiro atoms. The lowest BCUT2D eigenvalue weighted by Crippen LogP contribution is -2.29. The van der Waals surface area contributed by atoms with E-state index in [9.17, 15) is 0 Å². The third kappa shape index (κ3) is 5.10. The van der Waals surface area contributed by atoms with Gasteiger partial charge in [0.15, 0.2) is 5.11 Å². The van der Waals surface area contributed by atoms with Gasteiger partial charge in [-0.25, -0.2) is 4.98 Å². The largest absolute Gasteiger partial charge is 0.362 e. The van der Waals surface area contributed by atoms with Gasteiger partial charge in [0.05, 0.1) is 10.7 Å². The lowest BCUT2D eigenvalue weighted by atomic mass is 10.1. The summed E-state index contributed by atoms with van der Waals surface area (Å²) in [7, 11) is 0. The summed E-state index contributed by atoms with van der Waals surface area (Å²) in [6.07, 6.45) is 3.60. The smallest absolute Gasteiger partial charge is 0.170 e. The Morgan fingerprint density at radius 3 is 2.90 bits per heavy atom. The highest BCUT2D eigenvalue weighted by Gasteiger charge is 2.04. The molecule has 0 aliphatic carbocycles. The van der Waals surface area contributed by atoms with Crippen LogP contribution in [0.4, 0.5) is 5.69 Å². The van der Waals surface area contributed by atoms with Gasteiger partial charge < -0.3 is 10.6 Å². The summed E-state index contributed by atoms with van der Waals surface area (Å²) < 4.78 is 0. The molecule has 0 saturated carbocycles. The number of nitrogens with one attached hydrogen (secondary N) is 2. The van der Waals surface area contributed by atoms with Gasteiger partial charge in [0, 0.05) is 23.2 Å². The first-order valence-corrected chi connectivity index (χ1v) is 8.55. The van der Waals surface area contributed by atoms with Crippen molar-refractivity contribution in [1.82, 2.24) is 10.3 Å². The first-order valence-electron chi connectivity index (χ1n) is 7.26. The predicted octanol–water partition coefficient (Wildman–Crippen LogP) is 4.60. The Balaban J connectivity index is 1.93. The molecule has 0 unspecified atom stereocenters. The summed E-state index contributed by atoms with van der Waals surface area (Å²) in [4.78, 5) is 4.51. The highest BCUT2D eigenvalue weighted by molar-refractivity contribution is 7.80. The van der Waals surface area contributed by atoms with Crippen LogP contribution in [-0.2, 0) is 0 Å². The number of benzene rings is 1. The average Bonchev–Trinajstić information content (AvgIpc) is 2.91. The summed E-state index contributed by atoms with van der Waals surface area (Å²) in [5.41, 5.74) is 3.12. The van der Waals surface area contributed by atoms with Gasteiger partial charge in [0.1, 0.15) is 0 Å². The Kier molecular flexibility index (Phi) is 6.14. The fraction of sp³-hybridized carbons (Fsp3) is 0.375. The maximum Gasteiger partial charge on any atom is 0.170 e. The SMILES string of the molecule is CCCCCNC(=S)Nc1cccc(-c2csc(C)n2)c1. The third-order valence-electron chi connectivity index (χ3n) is 3.10. The minimum atomic E-state index is 0.678. The van der Waals surface area contributed by atoms with E-state index >= 15 is 0 Å². The van der Waals surface area contributed by atoms with E-state index in [1.807, 2.05) is 19.1 Å². The van der Waals surface area contributed by atoms with Crippen molar-refractivity contribution >= 4 is 34.4 Å². The summed E-state index contributed by atoms with van der Waals surface area (Å²) in [6, 6.07) is 8.18. The van der Waals surface area contributed by atoms with Crippen LogP contribution in [0.15, 0.2) is 29.6 Å². The summed E-state index contributed by atoms with van der Waals surface area (Å²) >= 11 is 6.98. The monoisotopic (exact) mass is 319 g/mol. The third-order valence-corrected chi connectivity index (χ3v) is 4.12. The van der Waals surface area contributed by atoms with Gasteiger partial charge in [-0.1, -0.05) is 31.9 Å². The lowest BCUT2D eigenvalue weighted by molar-refractivity contribution is 0.698. The normalized spacial score (nSPS) is 10.4. The number of aryl methyl sites for hydroxylation is 1. The molecule has 2 aromatic rings. The van der Waals surface area contributed by atoms with Crippen LogP contribution in [0, 0.1) is 6.92 Å². The summed E-state index contributed by atoms with van der Waals surface area (Å²) in [6.45, 7) is 5.14. The van der Waals surface area contributed by atoms with Crippen molar-refractivity contribution in [2.75, 3.05) is 11.9 Å². The van der Waals surface area contributed by atoms with Crippen LogP contribution >= 0.6 is 23.6 Å². The van der Waals surface area contributed by atoms with Crippen molar-refractivity contribution in [3.8, 4) is 11.3 Å². The second-order valence-electron chi connectivity index (χ2n) is 4.92. The molecule has 1 aromatic heterocycles. The Morgan fingerprint density at radius 1 is 1.33 bits per heavy atom. The molecule has 0 aliphatic heterocycles. The minimum Gasteiger partial charge on any atom is -0.362 e. The fourth-order valence-corrected chi connectivity index (χ4v) is 2.85. The molecule has 0 aliphatic rings. The molecule has 0 bridgehead atoms. The maximum absolute atomic E-state index is 5.31. The Labute approximate surface area is 135 Å². The zero-order valence-corrected chi connectivity index (χ0v) is 14.1. The van der Waals surface area contributed by atoms with Gasteiger partial charge in [-0.2, -0.15) is 0 Å². The van der Waals surface area contributed by atoms with Crippen LogP contribution in [0.5, 0.6) is 0 Å². The Morgan fingerprint density at radius 2 is 2.19 bits per heavy atom. The van der Waals surface area contributed by atoms with E-state index in [4.69, 9.17) is 12.2 Å². The summed E-state index contributed by atoms with van der Waals surface area (Å²) in [5, 5.41) is 10.3. The maximum atomic E-state index is 5.31. The number of anilines is 1. The quantitative estimate of drug-likeness (QED) is 0.603. The molecule has 0 saturated heterocycles. The van der Waals surface area contributed by atoms with Gasteiger partial charge >= 0.3 is 0 Å². The van der Waals surface area contributed by atoms with Crippen molar-refractivity contribution < 1.29 is 0 Å². The minimum absolute atomic E-state index is 0.678. The zero-order valence-electron chi connectivity index (χ0n) is 12.5. The van der Waals surface area contributed by atoms with E-state index in [0.29, 0.717) is 5.11 Å². The van der Waals surface area contributed by atoms with E-state index in [1.165, 1.54) is 12.8 Å². The van der Waals surface area contributed by atoms with Gasteiger partial charge in [-0.15, -0.1) is 11.3 Å². The van der Waals surface area contributed by atoms with E-state index < -0.39 is 0 Å². The number of unbranched alkanes of at least 4 members (excludes halogenated alkanes) is 2. The Hall–Kier alpha value is -1.46. The van der Waals surface area contributed by atoms with E-state index in [0.717, 1.165) is 34.9 Å². The van der Waals surface area contributed by atoms with Crippen LogP contribution in [0.1, 0.15) is 31.2 Å². The lowest BCUT2D eigenvalue weighted by Gasteiger charge is -2.11. The molecule has 1 aromatic carbocycles. The van der Waals surface area contributed by atoms with Crippen molar-refractivity contribution in [2.24, 2.45) is 0 Å². The topological polar surface area (TPSA) is 37.0 Å². The van der Waals surface area contributed by atoms with E-state index in [2.05, 4.69) is 40.1 Å². The fourth-order valence-electron chi connectivity index (χ4n) is 2.00. The van der Waals surface area contributed by atoms with Gasteiger partial charge in [-0.3, -0.25) is 0 Å². The molecule has 0 fully saturated rings.